The molecular formula is C13H13FN2O2S. The average Bonchev–Trinajstić information content (AvgIpc) is 3.03. The molecule has 1 aliphatic heterocycles. The van der Waals surface area contributed by atoms with Gasteiger partial charge in [-0.2, -0.15) is 0 Å². The predicted molar refractivity (Wildman–Crippen MR) is 71.3 cm³/mol. The number of primary amides is 1. The summed E-state index contributed by atoms with van der Waals surface area (Å²) in [6.45, 7) is 0.887. The monoisotopic (exact) mass is 280 g/mol. The van der Waals surface area contributed by atoms with Gasteiger partial charge in [-0.15, -0.1) is 0 Å². The Hall–Kier alpha value is -1.53. The summed E-state index contributed by atoms with van der Waals surface area (Å²) in [5, 5.41) is 3.17. The van der Waals surface area contributed by atoms with E-state index < -0.39 is 11.4 Å². The summed E-state index contributed by atoms with van der Waals surface area (Å²) in [4.78, 5) is 11.8. The van der Waals surface area contributed by atoms with E-state index in [0.717, 1.165) is 6.42 Å². The van der Waals surface area contributed by atoms with E-state index in [1.165, 1.54) is 18.2 Å². The Bertz CT molecular complexity index is 578. The van der Waals surface area contributed by atoms with Crippen LogP contribution in [0, 0.1) is 11.7 Å². The van der Waals surface area contributed by atoms with Crippen LogP contribution in [0.3, 0.4) is 0 Å². The molecule has 1 saturated carbocycles. The molecule has 0 aromatic heterocycles. The second-order valence-electron chi connectivity index (χ2n) is 4.99. The van der Waals surface area contributed by atoms with E-state index in [-0.39, 0.29) is 11.7 Å². The van der Waals surface area contributed by atoms with Crippen LogP contribution in [0.2, 0.25) is 0 Å². The van der Waals surface area contributed by atoms with Crippen LogP contribution in [-0.2, 0) is 10.3 Å². The zero-order valence-electron chi connectivity index (χ0n) is 10.1. The number of amides is 1. The number of fused-ring (bicyclic) bond motifs is 1. The summed E-state index contributed by atoms with van der Waals surface area (Å²) >= 11 is 5.15. The van der Waals surface area contributed by atoms with Crippen molar-refractivity contribution in [2.75, 3.05) is 13.2 Å². The van der Waals surface area contributed by atoms with Crippen molar-refractivity contribution in [1.82, 2.24) is 5.32 Å². The van der Waals surface area contributed by atoms with Gasteiger partial charge in [-0.1, -0.05) is 12.2 Å². The van der Waals surface area contributed by atoms with E-state index in [1.54, 1.807) is 0 Å². The third kappa shape index (κ3) is 2.01. The molecule has 1 heterocycles. The maximum absolute atomic E-state index is 14.1. The van der Waals surface area contributed by atoms with Gasteiger partial charge in [0.25, 0.3) is 0 Å². The van der Waals surface area contributed by atoms with Gasteiger partial charge in [0.2, 0.25) is 5.91 Å². The van der Waals surface area contributed by atoms with Crippen molar-refractivity contribution >= 4 is 23.1 Å². The molecule has 19 heavy (non-hydrogen) atoms. The van der Waals surface area contributed by atoms with E-state index >= 15 is 0 Å². The first-order chi connectivity index (χ1) is 9.03. The lowest BCUT2D eigenvalue weighted by Crippen LogP contribution is -2.36. The molecule has 1 aliphatic carbocycles. The second kappa shape index (κ2) is 4.25. The topological polar surface area (TPSA) is 64.4 Å². The molecule has 1 aromatic carbocycles. The molecule has 1 saturated heterocycles. The first-order valence-electron chi connectivity index (χ1n) is 6.01. The van der Waals surface area contributed by atoms with Crippen LogP contribution in [0.15, 0.2) is 18.2 Å². The summed E-state index contributed by atoms with van der Waals surface area (Å²) in [6.07, 6.45) is 0.742. The minimum atomic E-state index is -0.567. The highest BCUT2D eigenvalue weighted by molar-refractivity contribution is 7.80. The first-order valence-corrected chi connectivity index (χ1v) is 6.42. The molecule has 2 unspecified atom stereocenters. The van der Waals surface area contributed by atoms with Crippen LogP contribution >= 0.6 is 12.2 Å². The zero-order chi connectivity index (χ0) is 13.6. The molecule has 4 nitrogen and oxygen atoms in total. The van der Waals surface area contributed by atoms with Gasteiger partial charge in [-0.3, -0.25) is 4.79 Å². The molecule has 6 heteroatoms. The predicted octanol–water partition coefficient (Wildman–Crippen LogP) is 1.09. The number of hydrogen-bond donors (Lipinski definition) is 2. The van der Waals surface area contributed by atoms with E-state index in [0.29, 0.717) is 29.3 Å². The molecule has 0 radical (unpaired) electrons. The summed E-state index contributed by atoms with van der Waals surface area (Å²) in [5.74, 6) is -0.752. The number of rotatable bonds is 2. The minimum absolute atomic E-state index is 0.172. The Morgan fingerprint density at radius 3 is 3.11 bits per heavy atom. The van der Waals surface area contributed by atoms with Crippen molar-refractivity contribution in [3.63, 3.8) is 0 Å². The summed E-state index contributed by atoms with van der Waals surface area (Å²) in [6, 6.07) is 4.18. The Kier molecular flexibility index (Phi) is 2.79. The molecule has 3 N–H and O–H groups in total. The van der Waals surface area contributed by atoms with E-state index in [1.807, 2.05) is 0 Å². The van der Waals surface area contributed by atoms with Gasteiger partial charge in [-0.25, -0.2) is 4.39 Å². The highest BCUT2D eigenvalue weighted by atomic mass is 32.1. The number of benzene rings is 1. The largest absolute Gasteiger partial charge is 0.374 e. The van der Waals surface area contributed by atoms with Crippen LogP contribution < -0.4 is 11.1 Å². The fourth-order valence-electron chi connectivity index (χ4n) is 2.68. The second-order valence-corrected chi connectivity index (χ2v) is 5.49. The van der Waals surface area contributed by atoms with Gasteiger partial charge in [0.1, 0.15) is 10.8 Å². The number of carbonyl (C=O) groups is 1. The molecule has 1 aromatic rings. The number of halogens is 1. The van der Waals surface area contributed by atoms with E-state index in [2.05, 4.69) is 5.32 Å². The molecule has 2 fully saturated rings. The maximum Gasteiger partial charge on any atom is 0.248 e. The van der Waals surface area contributed by atoms with E-state index in [9.17, 15) is 9.18 Å². The molecule has 1 amide bonds. The Morgan fingerprint density at radius 1 is 1.58 bits per heavy atom. The molecular weight excluding hydrogens is 267 g/mol. The van der Waals surface area contributed by atoms with Gasteiger partial charge in [0.05, 0.1) is 18.8 Å². The standard InChI is InChI=1S/C13H13FN2O2S/c14-10-2-1-7(12(15)17)3-9(10)13-4-8(13)5-18-6-11(19)16-13/h1-3,8H,4-6H2,(H2,15,17)(H,16,19). The molecule has 0 spiro atoms. The third-order valence-corrected chi connectivity index (χ3v) is 3.97. The highest BCUT2D eigenvalue weighted by Gasteiger charge is 2.58. The lowest BCUT2D eigenvalue weighted by molar-refractivity contribution is 0.1000. The molecule has 3 rings (SSSR count). The summed E-state index contributed by atoms with van der Waals surface area (Å²) in [5.41, 5.74) is 5.45. The summed E-state index contributed by atoms with van der Waals surface area (Å²) < 4.78 is 19.5. The summed E-state index contributed by atoms with van der Waals surface area (Å²) in [7, 11) is 0. The number of hydrogen-bond acceptors (Lipinski definition) is 3. The Morgan fingerprint density at radius 2 is 2.37 bits per heavy atom. The molecule has 2 aliphatic rings. The smallest absolute Gasteiger partial charge is 0.248 e. The molecule has 100 valence electrons. The molecule has 2 atom stereocenters. The van der Waals surface area contributed by atoms with Crippen molar-refractivity contribution in [3.05, 3.63) is 35.1 Å². The fraction of sp³-hybridized carbons (Fsp3) is 0.385. The first kappa shape index (κ1) is 12.5. The zero-order valence-corrected chi connectivity index (χ0v) is 10.9. The van der Waals surface area contributed by atoms with Gasteiger partial charge in [-0.05, 0) is 24.6 Å². The van der Waals surface area contributed by atoms with Crippen molar-refractivity contribution in [3.8, 4) is 0 Å². The van der Waals surface area contributed by atoms with Gasteiger partial charge < -0.3 is 15.8 Å². The average molecular weight is 280 g/mol. The van der Waals surface area contributed by atoms with Crippen LogP contribution in [-0.4, -0.2) is 24.1 Å². The lowest BCUT2D eigenvalue weighted by atomic mass is 9.99. The quantitative estimate of drug-likeness (QED) is 0.796. The molecule has 0 bridgehead atoms. The minimum Gasteiger partial charge on any atom is -0.374 e. The van der Waals surface area contributed by atoms with Gasteiger partial charge in [0.15, 0.2) is 0 Å². The number of nitrogens with two attached hydrogens (primary N) is 1. The van der Waals surface area contributed by atoms with Crippen molar-refractivity contribution in [2.45, 2.75) is 12.0 Å². The van der Waals surface area contributed by atoms with Crippen molar-refractivity contribution < 1.29 is 13.9 Å². The Labute approximate surface area is 115 Å². The number of ether oxygens (including phenoxy) is 1. The number of carbonyl (C=O) groups excluding carboxylic acids is 1. The third-order valence-electron chi connectivity index (χ3n) is 3.75. The van der Waals surface area contributed by atoms with Crippen LogP contribution in [0.4, 0.5) is 4.39 Å². The van der Waals surface area contributed by atoms with Crippen LogP contribution in [0.25, 0.3) is 0 Å². The lowest BCUT2D eigenvalue weighted by Gasteiger charge is -2.20. The Balaban J connectivity index is 2.04. The highest BCUT2D eigenvalue weighted by Crippen LogP contribution is 2.53. The van der Waals surface area contributed by atoms with Crippen molar-refractivity contribution in [1.29, 1.82) is 0 Å². The van der Waals surface area contributed by atoms with Gasteiger partial charge >= 0.3 is 0 Å². The van der Waals surface area contributed by atoms with Crippen LogP contribution in [0.5, 0.6) is 0 Å². The van der Waals surface area contributed by atoms with Crippen molar-refractivity contribution in [2.24, 2.45) is 11.7 Å². The van der Waals surface area contributed by atoms with E-state index in [4.69, 9.17) is 22.7 Å². The number of nitrogens with one attached hydrogen (secondary N) is 1. The number of thiocarbonyl (C=S) groups is 1. The maximum atomic E-state index is 14.1. The fourth-order valence-corrected chi connectivity index (χ4v) is 2.95. The van der Waals surface area contributed by atoms with Crippen LogP contribution in [0.1, 0.15) is 22.3 Å². The SMILES string of the molecule is NC(=O)c1ccc(F)c(C23CC2COCC(=S)N3)c1. The normalized spacial score (nSPS) is 29.1. The van der Waals surface area contributed by atoms with Gasteiger partial charge in [0, 0.05) is 17.0 Å².